The summed E-state index contributed by atoms with van der Waals surface area (Å²) in [6, 6.07) is 2.07. The molecule has 1 aromatic rings. The zero-order valence-corrected chi connectivity index (χ0v) is 9.16. The van der Waals surface area contributed by atoms with Crippen LogP contribution in [0, 0.1) is 23.5 Å². The average Bonchev–Trinajstić information content (AvgIpc) is 2.20. The maximum atomic E-state index is 13.0. The SMILES string of the molecule is CC(=O)NCC#Cc1cc(F)c(Cl)c(F)c1. The van der Waals surface area contributed by atoms with Crippen LogP contribution in [0.15, 0.2) is 12.1 Å². The zero-order chi connectivity index (χ0) is 12.1. The van der Waals surface area contributed by atoms with Crippen molar-refractivity contribution in [2.45, 2.75) is 6.92 Å². The molecule has 5 heteroatoms. The molecule has 1 N–H and O–H groups in total. The Morgan fingerprint density at radius 1 is 1.44 bits per heavy atom. The second-order valence-electron chi connectivity index (χ2n) is 2.97. The minimum atomic E-state index is -0.856. The third-order valence-corrected chi connectivity index (χ3v) is 2.00. The molecule has 0 aliphatic heterocycles. The normalized spacial score (nSPS) is 9.25. The molecule has 0 radical (unpaired) electrons. The standard InChI is InChI=1S/C11H8ClF2NO/c1-7(16)15-4-2-3-8-5-9(13)11(12)10(14)6-8/h5-6H,4H2,1H3,(H,15,16). The molecular weight excluding hydrogens is 236 g/mol. The van der Waals surface area contributed by atoms with Gasteiger partial charge in [0.15, 0.2) is 0 Å². The lowest BCUT2D eigenvalue weighted by molar-refractivity contribution is -0.118. The number of amides is 1. The van der Waals surface area contributed by atoms with Crippen molar-refractivity contribution in [2.75, 3.05) is 6.54 Å². The van der Waals surface area contributed by atoms with Crippen LogP contribution in [-0.4, -0.2) is 12.5 Å². The third kappa shape index (κ3) is 3.52. The molecular formula is C11H8ClF2NO. The topological polar surface area (TPSA) is 29.1 Å². The molecule has 0 aromatic heterocycles. The fourth-order valence-corrected chi connectivity index (χ4v) is 1.05. The van der Waals surface area contributed by atoms with Crippen LogP contribution in [0.2, 0.25) is 5.02 Å². The molecule has 0 aliphatic carbocycles. The van der Waals surface area contributed by atoms with Gasteiger partial charge in [-0.2, -0.15) is 0 Å². The van der Waals surface area contributed by atoms with Crippen molar-refractivity contribution < 1.29 is 13.6 Å². The molecule has 0 bridgehead atoms. The summed E-state index contributed by atoms with van der Waals surface area (Å²) in [4.78, 5) is 10.5. The highest BCUT2D eigenvalue weighted by Crippen LogP contribution is 2.19. The maximum absolute atomic E-state index is 13.0. The Kier molecular flexibility index (Phi) is 4.27. The van der Waals surface area contributed by atoms with Crippen molar-refractivity contribution in [1.29, 1.82) is 0 Å². The van der Waals surface area contributed by atoms with Crippen LogP contribution in [0.1, 0.15) is 12.5 Å². The monoisotopic (exact) mass is 243 g/mol. The fraction of sp³-hybridized carbons (Fsp3) is 0.182. The van der Waals surface area contributed by atoms with E-state index >= 15 is 0 Å². The fourth-order valence-electron chi connectivity index (χ4n) is 0.943. The van der Waals surface area contributed by atoms with Gasteiger partial charge in [-0.25, -0.2) is 8.78 Å². The molecule has 84 valence electrons. The smallest absolute Gasteiger partial charge is 0.217 e. The molecule has 0 heterocycles. The highest BCUT2D eigenvalue weighted by Gasteiger charge is 2.06. The van der Waals surface area contributed by atoms with E-state index in [0.717, 1.165) is 12.1 Å². The predicted octanol–water partition coefficient (Wildman–Crippen LogP) is 2.11. The summed E-state index contributed by atoms with van der Waals surface area (Å²) in [5.74, 6) is 3.12. The summed E-state index contributed by atoms with van der Waals surface area (Å²) >= 11 is 5.30. The van der Waals surface area contributed by atoms with E-state index in [1.807, 2.05) is 0 Å². The lowest BCUT2D eigenvalue weighted by atomic mass is 10.2. The number of carbonyl (C=O) groups excluding carboxylic acids is 1. The van der Waals surface area contributed by atoms with Crippen LogP contribution >= 0.6 is 11.6 Å². The van der Waals surface area contributed by atoms with Gasteiger partial charge in [0.1, 0.15) is 16.7 Å². The summed E-state index contributed by atoms with van der Waals surface area (Å²) in [5.41, 5.74) is 0.171. The van der Waals surface area contributed by atoms with Crippen molar-refractivity contribution in [3.63, 3.8) is 0 Å². The van der Waals surface area contributed by atoms with Gasteiger partial charge in [-0.3, -0.25) is 4.79 Å². The number of nitrogens with one attached hydrogen (secondary N) is 1. The van der Waals surface area contributed by atoms with Crippen LogP contribution in [0.3, 0.4) is 0 Å². The van der Waals surface area contributed by atoms with Crippen LogP contribution in [0.5, 0.6) is 0 Å². The first-order valence-corrected chi connectivity index (χ1v) is 4.76. The van der Waals surface area contributed by atoms with E-state index in [0.29, 0.717) is 0 Å². The molecule has 0 aliphatic rings. The van der Waals surface area contributed by atoms with E-state index < -0.39 is 16.7 Å². The Morgan fingerprint density at radius 3 is 2.50 bits per heavy atom. The summed E-state index contributed by atoms with van der Waals surface area (Å²) in [6.45, 7) is 1.48. The first kappa shape index (κ1) is 12.5. The zero-order valence-electron chi connectivity index (χ0n) is 8.40. The Labute approximate surface area is 96.6 Å². The van der Waals surface area contributed by atoms with Gasteiger partial charge in [0.05, 0.1) is 6.54 Å². The summed E-state index contributed by atoms with van der Waals surface area (Å²) < 4.78 is 25.9. The lowest BCUT2D eigenvalue weighted by Gasteiger charge is -1.97. The molecule has 0 saturated heterocycles. The molecule has 2 nitrogen and oxygen atoms in total. The van der Waals surface area contributed by atoms with Crippen molar-refractivity contribution in [1.82, 2.24) is 5.32 Å². The predicted molar refractivity (Wildman–Crippen MR) is 56.9 cm³/mol. The largest absolute Gasteiger partial charge is 0.345 e. The van der Waals surface area contributed by atoms with Crippen LogP contribution in [-0.2, 0) is 4.79 Å². The molecule has 0 spiro atoms. The molecule has 1 amide bonds. The second-order valence-corrected chi connectivity index (χ2v) is 3.34. The first-order valence-electron chi connectivity index (χ1n) is 4.38. The van der Waals surface area contributed by atoms with E-state index in [1.54, 1.807) is 0 Å². The van der Waals surface area contributed by atoms with E-state index in [2.05, 4.69) is 17.2 Å². The van der Waals surface area contributed by atoms with Gasteiger partial charge in [0, 0.05) is 12.5 Å². The van der Waals surface area contributed by atoms with Gasteiger partial charge in [-0.05, 0) is 12.1 Å². The minimum Gasteiger partial charge on any atom is -0.345 e. The number of benzene rings is 1. The van der Waals surface area contributed by atoms with Gasteiger partial charge in [0.2, 0.25) is 5.91 Å². The van der Waals surface area contributed by atoms with E-state index in [-0.39, 0.29) is 18.0 Å². The average molecular weight is 244 g/mol. The van der Waals surface area contributed by atoms with Crippen molar-refractivity contribution >= 4 is 17.5 Å². The van der Waals surface area contributed by atoms with Crippen LogP contribution in [0.4, 0.5) is 8.78 Å². The van der Waals surface area contributed by atoms with Gasteiger partial charge in [-0.15, -0.1) is 0 Å². The molecule has 0 saturated carbocycles. The van der Waals surface area contributed by atoms with E-state index in [9.17, 15) is 13.6 Å². The highest BCUT2D eigenvalue weighted by atomic mass is 35.5. The quantitative estimate of drug-likeness (QED) is 0.594. The van der Waals surface area contributed by atoms with Gasteiger partial charge >= 0.3 is 0 Å². The third-order valence-electron chi connectivity index (χ3n) is 1.64. The lowest BCUT2D eigenvalue weighted by Crippen LogP contribution is -2.19. The maximum Gasteiger partial charge on any atom is 0.217 e. The Bertz CT molecular complexity index is 454. The van der Waals surface area contributed by atoms with E-state index in [4.69, 9.17) is 11.6 Å². The molecule has 16 heavy (non-hydrogen) atoms. The molecule has 1 rings (SSSR count). The second kappa shape index (κ2) is 5.47. The van der Waals surface area contributed by atoms with Crippen molar-refractivity contribution in [2.24, 2.45) is 0 Å². The first-order chi connectivity index (χ1) is 7.50. The number of halogens is 3. The molecule has 0 unspecified atom stereocenters. The minimum absolute atomic E-state index is 0.126. The number of hydrogen-bond donors (Lipinski definition) is 1. The Balaban J connectivity index is 2.78. The van der Waals surface area contributed by atoms with Gasteiger partial charge in [-0.1, -0.05) is 23.4 Å². The number of carbonyl (C=O) groups is 1. The summed E-state index contributed by atoms with van der Waals surface area (Å²) in [5, 5.41) is 1.88. The Morgan fingerprint density at radius 2 is 2.00 bits per heavy atom. The molecule has 0 fully saturated rings. The summed E-state index contributed by atoms with van der Waals surface area (Å²) in [7, 11) is 0. The molecule has 0 atom stereocenters. The van der Waals surface area contributed by atoms with Gasteiger partial charge < -0.3 is 5.32 Å². The van der Waals surface area contributed by atoms with Gasteiger partial charge in [0.25, 0.3) is 0 Å². The van der Waals surface area contributed by atoms with Crippen molar-refractivity contribution in [3.05, 3.63) is 34.4 Å². The van der Waals surface area contributed by atoms with Crippen LogP contribution in [0.25, 0.3) is 0 Å². The van der Waals surface area contributed by atoms with Crippen LogP contribution < -0.4 is 5.32 Å². The number of hydrogen-bond acceptors (Lipinski definition) is 1. The molecule has 1 aromatic carbocycles. The Hall–Kier alpha value is -1.60. The van der Waals surface area contributed by atoms with Crippen molar-refractivity contribution in [3.8, 4) is 11.8 Å². The number of rotatable bonds is 1. The van der Waals surface area contributed by atoms with E-state index in [1.165, 1.54) is 6.92 Å². The summed E-state index contributed by atoms with van der Waals surface area (Å²) in [6.07, 6.45) is 0. The highest BCUT2D eigenvalue weighted by molar-refractivity contribution is 6.30.